The Morgan fingerprint density at radius 2 is 1.58 bits per heavy atom. The zero-order chi connectivity index (χ0) is 22.1. The van der Waals surface area contributed by atoms with Crippen molar-refractivity contribution in [2.75, 3.05) is 5.32 Å². The third-order valence-corrected chi connectivity index (χ3v) is 5.70. The van der Waals surface area contributed by atoms with Crippen LogP contribution in [-0.4, -0.2) is 20.7 Å². The van der Waals surface area contributed by atoms with E-state index in [2.05, 4.69) is 15.4 Å². The Labute approximate surface area is 198 Å². The average molecular weight is 492 g/mol. The van der Waals surface area contributed by atoms with Crippen molar-refractivity contribution in [2.24, 2.45) is 0 Å². The normalized spacial score (nSPS) is 10.9. The molecule has 0 aliphatic rings. The highest BCUT2D eigenvalue weighted by atomic mass is 35.5. The molecule has 1 amide bonds. The summed E-state index contributed by atoms with van der Waals surface area (Å²) in [6.07, 6.45) is 0. The van der Waals surface area contributed by atoms with Gasteiger partial charge in [-0.1, -0.05) is 52.5 Å². The van der Waals surface area contributed by atoms with Gasteiger partial charge in [0.2, 0.25) is 5.82 Å². The average Bonchev–Trinajstić information content (AvgIpc) is 3.18. The number of aryl methyl sites for hydroxylation is 1. The Kier molecular flexibility index (Phi) is 6.21. The highest BCUT2D eigenvalue weighted by Crippen LogP contribution is 2.28. The number of benzene rings is 3. The molecule has 5 nitrogen and oxygen atoms in total. The van der Waals surface area contributed by atoms with Crippen LogP contribution in [0.4, 0.5) is 5.69 Å². The van der Waals surface area contributed by atoms with Crippen molar-refractivity contribution in [3.05, 3.63) is 92.1 Å². The zero-order valence-corrected chi connectivity index (χ0v) is 19.1. The van der Waals surface area contributed by atoms with Crippen molar-refractivity contribution in [1.29, 1.82) is 0 Å². The molecule has 0 spiro atoms. The van der Waals surface area contributed by atoms with Gasteiger partial charge in [-0.05, 0) is 67.1 Å². The van der Waals surface area contributed by atoms with E-state index in [1.807, 2.05) is 19.1 Å². The molecule has 31 heavy (non-hydrogen) atoms. The summed E-state index contributed by atoms with van der Waals surface area (Å²) in [5, 5.41) is 9.08. The van der Waals surface area contributed by atoms with Crippen molar-refractivity contribution in [3.63, 3.8) is 0 Å². The monoisotopic (exact) mass is 490 g/mol. The summed E-state index contributed by atoms with van der Waals surface area (Å²) in [5.74, 6) is -0.0898. The lowest BCUT2D eigenvalue weighted by molar-refractivity contribution is 0.101. The third kappa shape index (κ3) is 4.70. The van der Waals surface area contributed by atoms with Gasteiger partial charge in [0, 0.05) is 20.6 Å². The predicted octanol–water partition coefficient (Wildman–Crippen LogP) is 7.11. The van der Waals surface area contributed by atoms with E-state index in [-0.39, 0.29) is 5.82 Å². The molecule has 0 bridgehead atoms. The number of anilines is 1. The van der Waals surface area contributed by atoms with E-state index >= 15 is 0 Å². The fraction of sp³-hybridized carbons (Fsp3) is 0.0455. The van der Waals surface area contributed by atoms with E-state index in [0.717, 1.165) is 11.1 Å². The molecule has 0 atom stereocenters. The minimum Gasteiger partial charge on any atom is -0.318 e. The van der Waals surface area contributed by atoms with Gasteiger partial charge < -0.3 is 5.32 Å². The summed E-state index contributed by atoms with van der Waals surface area (Å²) < 4.78 is 1.56. The van der Waals surface area contributed by atoms with Crippen LogP contribution in [0.1, 0.15) is 16.2 Å². The lowest BCUT2D eigenvalue weighted by Crippen LogP contribution is -2.14. The molecule has 156 valence electrons. The topological polar surface area (TPSA) is 59.8 Å². The summed E-state index contributed by atoms with van der Waals surface area (Å²) >= 11 is 24.4. The Morgan fingerprint density at radius 1 is 0.871 bits per heavy atom. The Balaban J connectivity index is 1.77. The summed E-state index contributed by atoms with van der Waals surface area (Å²) in [6, 6.07) is 17.4. The number of hydrogen-bond donors (Lipinski definition) is 1. The molecule has 3 aromatic carbocycles. The van der Waals surface area contributed by atoms with Crippen molar-refractivity contribution < 1.29 is 4.79 Å². The third-order valence-electron chi connectivity index (χ3n) is 4.49. The molecular weight excluding hydrogens is 478 g/mol. The number of nitrogens with zero attached hydrogens (tertiary/aromatic N) is 3. The van der Waals surface area contributed by atoms with Crippen LogP contribution >= 0.6 is 46.4 Å². The van der Waals surface area contributed by atoms with E-state index in [0.29, 0.717) is 37.3 Å². The molecule has 1 aromatic heterocycles. The Morgan fingerprint density at radius 3 is 2.26 bits per heavy atom. The minimum atomic E-state index is -0.517. The van der Waals surface area contributed by atoms with E-state index in [4.69, 9.17) is 46.4 Å². The SMILES string of the molecule is Cc1ccc(-n2nc(C(=O)Nc3ccc(Cl)cc3Cl)nc2-c2ccc(Cl)cc2)cc1Cl. The molecule has 0 aliphatic carbocycles. The fourth-order valence-electron chi connectivity index (χ4n) is 2.86. The lowest BCUT2D eigenvalue weighted by Gasteiger charge is -2.08. The molecule has 0 radical (unpaired) electrons. The van der Waals surface area contributed by atoms with Gasteiger partial charge in [0.25, 0.3) is 5.91 Å². The van der Waals surface area contributed by atoms with Crippen LogP contribution in [-0.2, 0) is 0 Å². The van der Waals surface area contributed by atoms with Gasteiger partial charge in [0.1, 0.15) is 0 Å². The van der Waals surface area contributed by atoms with Crippen molar-refractivity contribution in [3.8, 4) is 17.1 Å². The van der Waals surface area contributed by atoms with Crippen LogP contribution < -0.4 is 5.32 Å². The van der Waals surface area contributed by atoms with Crippen LogP contribution in [0.2, 0.25) is 20.1 Å². The quantitative estimate of drug-likeness (QED) is 0.331. The van der Waals surface area contributed by atoms with E-state index in [1.165, 1.54) is 6.07 Å². The summed E-state index contributed by atoms with van der Waals surface area (Å²) in [4.78, 5) is 17.3. The molecule has 4 aromatic rings. The molecule has 0 saturated carbocycles. The number of hydrogen-bond acceptors (Lipinski definition) is 3. The number of rotatable bonds is 4. The number of nitrogens with one attached hydrogen (secondary N) is 1. The van der Waals surface area contributed by atoms with Crippen LogP contribution in [0.3, 0.4) is 0 Å². The first-order valence-electron chi connectivity index (χ1n) is 9.08. The number of carbonyl (C=O) groups excluding carboxylic acids is 1. The fourth-order valence-corrected chi connectivity index (χ4v) is 3.61. The molecular formula is C22H14Cl4N4O. The van der Waals surface area contributed by atoms with Gasteiger partial charge in [-0.2, -0.15) is 0 Å². The highest BCUT2D eigenvalue weighted by Gasteiger charge is 2.20. The molecule has 0 aliphatic heterocycles. The second-order valence-electron chi connectivity index (χ2n) is 6.69. The van der Waals surface area contributed by atoms with Gasteiger partial charge in [-0.3, -0.25) is 4.79 Å². The Hall–Kier alpha value is -2.57. The second kappa shape index (κ2) is 8.89. The predicted molar refractivity (Wildman–Crippen MR) is 126 cm³/mol. The zero-order valence-electron chi connectivity index (χ0n) is 16.0. The molecule has 0 saturated heterocycles. The largest absolute Gasteiger partial charge is 0.318 e. The number of carbonyl (C=O) groups is 1. The van der Waals surface area contributed by atoms with Crippen molar-refractivity contribution in [1.82, 2.24) is 14.8 Å². The maximum Gasteiger partial charge on any atom is 0.295 e. The summed E-state index contributed by atoms with van der Waals surface area (Å²) in [7, 11) is 0. The first-order valence-corrected chi connectivity index (χ1v) is 10.6. The maximum atomic E-state index is 12.9. The summed E-state index contributed by atoms with van der Waals surface area (Å²) in [5.41, 5.74) is 2.72. The van der Waals surface area contributed by atoms with Gasteiger partial charge in [0.15, 0.2) is 5.82 Å². The smallest absolute Gasteiger partial charge is 0.295 e. The highest BCUT2D eigenvalue weighted by molar-refractivity contribution is 6.36. The minimum absolute atomic E-state index is 0.0346. The molecule has 0 fully saturated rings. The number of aromatic nitrogens is 3. The second-order valence-corrected chi connectivity index (χ2v) is 8.38. The van der Waals surface area contributed by atoms with E-state index in [1.54, 1.807) is 47.1 Å². The van der Waals surface area contributed by atoms with Gasteiger partial charge in [-0.25, -0.2) is 9.67 Å². The Bertz CT molecular complexity index is 1290. The summed E-state index contributed by atoms with van der Waals surface area (Å²) in [6.45, 7) is 1.91. The first-order chi connectivity index (χ1) is 14.8. The first kappa shape index (κ1) is 21.7. The van der Waals surface area contributed by atoms with Crippen molar-refractivity contribution >= 4 is 58.0 Å². The van der Waals surface area contributed by atoms with Gasteiger partial charge in [-0.15, -0.1) is 5.10 Å². The standard InChI is InChI=1S/C22H14Cl4N4O/c1-12-2-8-16(11-17(12)25)30-21(13-3-5-14(23)6-4-13)28-20(29-30)22(31)27-19-9-7-15(24)10-18(19)26/h2-11H,1H3,(H,27,31). The lowest BCUT2D eigenvalue weighted by atomic mass is 10.2. The van der Waals surface area contributed by atoms with Gasteiger partial charge in [0.05, 0.1) is 16.4 Å². The van der Waals surface area contributed by atoms with Gasteiger partial charge >= 0.3 is 0 Å². The molecule has 4 rings (SSSR count). The molecule has 1 N–H and O–H groups in total. The van der Waals surface area contributed by atoms with Crippen LogP contribution in [0.25, 0.3) is 17.1 Å². The number of amides is 1. The molecule has 0 unspecified atom stereocenters. The van der Waals surface area contributed by atoms with Crippen LogP contribution in [0.15, 0.2) is 60.7 Å². The van der Waals surface area contributed by atoms with Crippen molar-refractivity contribution in [2.45, 2.75) is 6.92 Å². The van der Waals surface area contributed by atoms with Crippen LogP contribution in [0.5, 0.6) is 0 Å². The molecule has 9 heteroatoms. The van der Waals surface area contributed by atoms with E-state index in [9.17, 15) is 4.79 Å². The van der Waals surface area contributed by atoms with Crippen LogP contribution in [0, 0.1) is 6.92 Å². The number of halogens is 4. The maximum absolute atomic E-state index is 12.9. The van der Waals surface area contributed by atoms with E-state index < -0.39 is 5.91 Å². The molecule has 1 heterocycles.